The van der Waals surface area contributed by atoms with E-state index >= 15 is 0 Å². The third-order valence-electron chi connectivity index (χ3n) is 4.30. The van der Waals surface area contributed by atoms with E-state index < -0.39 is 0 Å². The van der Waals surface area contributed by atoms with Gasteiger partial charge in [0.05, 0.1) is 23.5 Å². The van der Waals surface area contributed by atoms with Gasteiger partial charge in [-0.15, -0.1) is 23.7 Å². The topological polar surface area (TPSA) is 53.4 Å². The minimum Gasteiger partial charge on any atom is -0.340 e. The number of halogens is 2. The molecule has 0 aromatic carbocycles. The molecule has 3 heterocycles. The lowest BCUT2D eigenvalue weighted by atomic mass is 10.1. The summed E-state index contributed by atoms with van der Waals surface area (Å²) in [5.41, 5.74) is 0. The van der Waals surface area contributed by atoms with Crippen molar-refractivity contribution in [3.63, 3.8) is 0 Å². The summed E-state index contributed by atoms with van der Waals surface area (Å²) >= 11 is 7.48. The van der Waals surface area contributed by atoms with Gasteiger partial charge in [0.2, 0.25) is 5.91 Å². The fourth-order valence-corrected chi connectivity index (χ4v) is 4.08. The normalized spacial score (nSPS) is 18.0. The number of aryl methyl sites for hydroxylation is 1. The smallest absolute Gasteiger partial charge is 0.236 e. The van der Waals surface area contributed by atoms with E-state index in [1.165, 1.54) is 11.3 Å². The van der Waals surface area contributed by atoms with Gasteiger partial charge in [0, 0.05) is 51.0 Å². The van der Waals surface area contributed by atoms with E-state index in [0.717, 1.165) is 34.7 Å². The maximum Gasteiger partial charge on any atom is 0.236 e. The van der Waals surface area contributed by atoms with Crippen LogP contribution < -0.4 is 5.32 Å². The summed E-state index contributed by atoms with van der Waals surface area (Å²) in [5, 5.41) is 3.39. The van der Waals surface area contributed by atoms with Crippen LogP contribution in [-0.4, -0.2) is 58.5 Å². The van der Waals surface area contributed by atoms with Crippen LogP contribution in [-0.2, 0) is 18.4 Å². The third kappa shape index (κ3) is 4.95. The molecule has 0 saturated carbocycles. The van der Waals surface area contributed by atoms with Crippen molar-refractivity contribution in [2.45, 2.75) is 12.6 Å². The van der Waals surface area contributed by atoms with Gasteiger partial charge >= 0.3 is 0 Å². The number of nitrogens with zero attached hydrogens (tertiary/aromatic N) is 4. The predicted octanol–water partition coefficient (Wildman–Crippen LogP) is 2.16. The summed E-state index contributed by atoms with van der Waals surface area (Å²) in [6, 6.07) is 3.96. The number of hydrogen-bond donors (Lipinski definition) is 1. The highest BCUT2D eigenvalue weighted by atomic mass is 35.5. The first-order valence-electron chi connectivity index (χ1n) is 7.95. The van der Waals surface area contributed by atoms with Crippen LogP contribution in [0.4, 0.5) is 0 Å². The van der Waals surface area contributed by atoms with E-state index in [2.05, 4.69) is 15.2 Å². The Morgan fingerprint density at radius 3 is 2.96 bits per heavy atom. The Balaban J connectivity index is 0.00000225. The average Bonchev–Trinajstić information content (AvgIpc) is 3.16. The summed E-state index contributed by atoms with van der Waals surface area (Å²) in [7, 11) is 3.83. The lowest BCUT2D eigenvalue weighted by Crippen LogP contribution is -2.50. The third-order valence-corrected chi connectivity index (χ3v) is 5.51. The Bertz CT molecular complexity index is 704. The number of likely N-dealkylation sites (N-methyl/N-ethyl adjacent to an activating group) is 1. The van der Waals surface area contributed by atoms with E-state index in [9.17, 15) is 4.79 Å². The summed E-state index contributed by atoms with van der Waals surface area (Å²) < 4.78 is 2.77. The molecule has 1 amide bonds. The lowest BCUT2D eigenvalue weighted by Gasteiger charge is -2.36. The Hall–Kier alpha value is -1.12. The van der Waals surface area contributed by atoms with E-state index in [1.807, 2.05) is 37.0 Å². The zero-order valence-corrected chi connectivity index (χ0v) is 16.7. The molecule has 9 heteroatoms. The molecule has 0 aliphatic carbocycles. The second-order valence-electron chi connectivity index (χ2n) is 6.04. The fourth-order valence-electron chi connectivity index (χ4n) is 2.94. The molecular formula is C16H23Cl2N5OS. The number of rotatable bonds is 5. The Morgan fingerprint density at radius 1 is 1.52 bits per heavy atom. The minimum atomic E-state index is 0. The van der Waals surface area contributed by atoms with E-state index in [4.69, 9.17) is 11.6 Å². The van der Waals surface area contributed by atoms with Crippen LogP contribution in [0, 0.1) is 0 Å². The molecule has 1 atom stereocenters. The number of amides is 1. The van der Waals surface area contributed by atoms with Crippen LogP contribution in [0.3, 0.4) is 0 Å². The number of imidazole rings is 1. The monoisotopic (exact) mass is 403 g/mol. The van der Waals surface area contributed by atoms with Crippen molar-refractivity contribution in [2.24, 2.45) is 7.05 Å². The van der Waals surface area contributed by atoms with Gasteiger partial charge in [-0.25, -0.2) is 4.98 Å². The molecule has 6 nitrogen and oxygen atoms in total. The van der Waals surface area contributed by atoms with Crippen molar-refractivity contribution in [2.75, 3.05) is 33.2 Å². The van der Waals surface area contributed by atoms with Crippen molar-refractivity contribution in [3.8, 4) is 0 Å². The highest BCUT2D eigenvalue weighted by Crippen LogP contribution is 2.23. The van der Waals surface area contributed by atoms with Crippen LogP contribution >= 0.6 is 35.3 Å². The zero-order valence-electron chi connectivity index (χ0n) is 14.3. The van der Waals surface area contributed by atoms with Gasteiger partial charge in [0.15, 0.2) is 0 Å². The average molecular weight is 404 g/mol. The maximum absolute atomic E-state index is 12.6. The molecule has 1 unspecified atom stereocenters. The highest BCUT2D eigenvalue weighted by molar-refractivity contribution is 7.16. The van der Waals surface area contributed by atoms with Crippen molar-refractivity contribution in [1.82, 2.24) is 24.7 Å². The van der Waals surface area contributed by atoms with Crippen LogP contribution in [0.2, 0.25) is 4.34 Å². The van der Waals surface area contributed by atoms with Crippen LogP contribution in [0.1, 0.15) is 16.7 Å². The minimum absolute atomic E-state index is 0. The summed E-state index contributed by atoms with van der Waals surface area (Å²) in [5.74, 6) is 1.10. The van der Waals surface area contributed by atoms with Crippen LogP contribution in [0.25, 0.3) is 0 Å². The molecule has 1 saturated heterocycles. The van der Waals surface area contributed by atoms with Crippen molar-refractivity contribution >= 4 is 41.3 Å². The maximum atomic E-state index is 12.6. The highest BCUT2D eigenvalue weighted by Gasteiger charge is 2.29. The zero-order chi connectivity index (χ0) is 17.1. The van der Waals surface area contributed by atoms with Crippen molar-refractivity contribution in [3.05, 3.63) is 39.6 Å². The molecular weight excluding hydrogens is 381 g/mol. The molecule has 1 N–H and O–H groups in total. The molecule has 1 aliphatic rings. The second-order valence-corrected chi connectivity index (χ2v) is 7.84. The van der Waals surface area contributed by atoms with Gasteiger partial charge in [-0.05, 0) is 12.1 Å². The van der Waals surface area contributed by atoms with Gasteiger partial charge < -0.3 is 14.8 Å². The number of thiophene rings is 1. The Labute approximate surface area is 163 Å². The van der Waals surface area contributed by atoms with Gasteiger partial charge in [-0.2, -0.15) is 0 Å². The van der Waals surface area contributed by atoms with Crippen LogP contribution in [0.15, 0.2) is 24.5 Å². The number of nitrogens with one attached hydrogen (secondary N) is 1. The molecule has 3 rings (SSSR count). The first-order chi connectivity index (χ1) is 11.5. The van der Waals surface area contributed by atoms with E-state index in [1.54, 1.807) is 11.1 Å². The van der Waals surface area contributed by atoms with E-state index in [-0.39, 0.29) is 24.4 Å². The molecule has 1 aliphatic heterocycles. The van der Waals surface area contributed by atoms with E-state index in [0.29, 0.717) is 13.1 Å². The number of carbonyl (C=O) groups is 1. The summed E-state index contributed by atoms with van der Waals surface area (Å²) in [6.07, 6.45) is 3.74. The SMILES string of the molecule is CN(Cc1ccc(Cl)s1)C(=O)CN1CCNCC1c1nccn1C.Cl. The number of aromatic nitrogens is 2. The number of piperazine rings is 1. The summed E-state index contributed by atoms with van der Waals surface area (Å²) in [4.78, 5) is 22.2. The summed E-state index contributed by atoms with van der Waals surface area (Å²) in [6.45, 7) is 3.52. The molecule has 0 radical (unpaired) electrons. The first kappa shape index (κ1) is 20.2. The molecule has 25 heavy (non-hydrogen) atoms. The van der Waals surface area contributed by atoms with Gasteiger partial charge in [0.25, 0.3) is 0 Å². The molecule has 0 spiro atoms. The van der Waals surface area contributed by atoms with Gasteiger partial charge in [-0.3, -0.25) is 9.69 Å². The van der Waals surface area contributed by atoms with Crippen molar-refractivity contribution < 1.29 is 4.79 Å². The quantitative estimate of drug-likeness (QED) is 0.830. The second kappa shape index (κ2) is 9.00. The predicted molar refractivity (Wildman–Crippen MR) is 103 cm³/mol. The number of carbonyl (C=O) groups excluding carboxylic acids is 1. The molecule has 138 valence electrons. The van der Waals surface area contributed by atoms with Crippen LogP contribution in [0.5, 0.6) is 0 Å². The number of hydrogen-bond acceptors (Lipinski definition) is 5. The Kier molecular flexibility index (Phi) is 7.27. The molecule has 1 fully saturated rings. The standard InChI is InChI=1S/C16H22ClN5OS.ClH/c1-20-7-6-19-16(20)13-9-18-5-8-22(13)11-15(23)21(2)10-12-3-4-14(17)24-12;/h3-4,6-7,13,18H,5,8-11H2,1-2H3;1H. The van der Waals surface area contributed by atoms with Gasteiger partial charge in [-0.1, -0.05) is 11.6 Å². The van der Waals surface area contributed by atoms with Crippen molar-refractivity contribution in [1.29, 1.82) is 0 Å². The fraction of sp³-hybridized carbons (Fsp3) is 0.500. The lowest BCUT2D eigenvalue weighted by molar-refractivity contribution is -0.132. The Morgan fingerprint density at radius 2 is 2.32 bits per heavy atom. The molecule has 0 bridgehead atoms. The first-order valence-corrected chi connectivity index (χ1v) is 9.14. The molecule has 2 aromatic heterocycles. The largest absolute Gasteiger partial charge is 0.340 e. The van der Waals surface area contributed by atoms with Gasteiger partial charge in [0.1, 0.15) is 5.82 Å². The molecule has 2 aromatic rings.